The van der Waals surface area contributed by atoms with Crippen LogP contribution in [0.1, 0.15) is 10.6 Å². The summed E-state index contributed by atoms with van der Waals surface area (Å²) in [5.74, 6) is 0.807. The minimum atomic E-state index is 0.721. The smallest absolute Gasteiger partial charge is 0.191 e. The normalized spacial score (nSPS) is 11.8. The van der Waals surface area contributed by atoms with Crippen LogP contribution in [0.2, 0.25) is 0 Å². The first kappa shape index (κ1) is 13.7. The lowest BCUT2D eigenvalue weighted by Crippen LogP contribution is -2.36. The van der Waals surface area contributed by atoms with Crippen molar-refractivity contribution in [2.45, 2.75) is 13.1 Å². The zero-order chi connectivity index (χ0) is 14.5. The Kier molecular flexibility index (Phi) is 4.21. The molecule has 2 aromatic heterocycles. The van der Waals surface area contributed by atoms with Gasteiger partial charge in [0.1, 0.15) is 0 Å². The van der Waals surface area contributed by atoms with Crippen LogP contribution in [0, 0.1) is 0 Å². The Morgan fingerprint density at radius 2 is 2.00 bits per heavy atom. The summed E-state index contributed by atoms with van der Waals surface area (Å²) in [6.07, 6.45) is 0. The molecule has 0 aliphatic carbocycles. The first-order chi connectivity index (χ1) is 10.3. The number of aliphatic imine (C=N–C) groups is 1. The molecule has 4 nitrogen and oxygen atoms in total. The molecule has 21 heavy (non-hydrogen) atoms. The number of hydrogen-bond donors (Lipinski definition) is 3. The molecule has 1 aromatic carbocycles. The van der Waals surface area contributed by atoms with Gasteiger partial charge in [0.15, 0.2) is 5.96 Å². The molecule has 0 amide bonds. The number of H-pyrrole nitrogens is 1. The lowest BCUT2D eigenvalue weighted by atomic mass is 10.2. The maximum atomic E-state index is 4.24. The van der Waals surface area contributed by atoms with Crippen molar-refractivity contribution < 1.29 is 0 Å². The highest BCUT2D eigenvalue weighted by atomic mass is 32.1. The second kappa shape index (κ2) is 6.45. The number of benzene rings is 1. The van der Waals surface area contributed by atoms with Crippen LogP contribution in [0.4, 0.5) is 0 Å². The van der Waals surface area contributed by atoms with E-state index < -0.39 is 0 Å². The van der Waals surface area contributed by atoms with Crippen molar-refractivity contribution in [3.63, 3.8) is 0 Å². The van der Waals surface area contributed by atoms with Gasteiger partial charge >= 0.3 is 0 Å². The van der Waals surface area contributed by atoms with Gasteiger partial charge in [-0.05, 0) is 29.0 Å². The number of fused-ring (bicyclic) bond motifs is 1. The fourth-order valence-electron chi connectivity index (χ4n) is 2.21. The second-order valence-electron chi connectivity index (χ2n) is 4.74. The Morgan fingerprint density at radius 1 is 1.14 bits per heavy atom. The number of rotatable bonds is 4. The maximum absolute atomic E-state index is 4.24. The van der Waals surface area contributed by atoms with E-state index in [1.165, 1.54) is 10.3 Å². The number of guanidine groups is 1. The van der Waals surface area contributed by atoms with Crippen LogP contribution in [0.5, 0.6) is 0 Å². The zero-order valence-corrected chi connectivity index (χ0v) is 12.7. The van der Waals surface area contributed by atoms with E-state index in [9.17, 15) is 0 Å². The van der Waals surface area contributed by atoms with E-state index in [0.717, 1.165) is 30.3 Å². The lowest BCUT2D eigenvalue weighted by Gasteiger charge is -2.10. The molecule has 0 aliphatic heterocycles. The summed E-state index contributed by atoms with van der Waals surface area (Å²) in [6, 6.07) is 14.6. The van der Waals surface area contributed by atoms with Crippen molar-refractivity contribution in [1.29, 1.82) is 0 Å². The molecular weight excluding hydrogens is 280 g/mol. The summed E-state index contributed by atoms with van der Waals surface area (Å²) in [5, 5.41) is 9.95. The number of hydrogen-bond acceptors (Lipinski definition) is 2. The van der Waals surface area contributed by atoms with Gasteiger partial charge in [0.05, 0.1) is 13.1 Å². The molecular formula is C16H18N4S. The van der Waals surface area contributed by atoms with E-state index in [2.05, 4.69) is 62.4 Å². The van der Waals surface area contributed by atoms with Gasteiger partial charge in [-0.1, -0.05) is 24.3 Å². The third-order valence-corrected chi connectivity index (χ3v) is 4.14. The summed E-state index contributed by atoms with van der Waals surface area (Å²) >= 11 is 1.74. The lowest BCUT2D eigenvalue weighted by molar-refractivity contribution is 0.805. The van der Waals surface area contributed by atoms with Gasteiger partial charge in [-0.15, -0.1) is 11.3 Å². The van der Waals surface area contributed by atoms with E-state index >= 15 is 0 Å². The molecule has 3 N–H and O–H groups in total. The van der Waals surface area contributed by atoms with E-state index in [-0.39, 0.29) is 0 Å². The molecule has 3 rings (SSSR count). The van der Waals surface area contributed by atoms with Gasteiger partial charge in [0.2, 0.25) is 0 Å². The van der Waals surface area contributed by atoms with Gasteiger partial charge < -0.3 is 15.6 Å². The van der Waals surface area contributed by atoms with Gasteiger partial charge in [-0.25, -0.2) is 0 Å². The molecule has 0 atom stereocenters. The first-order valence-corrected chi connectivity index (χ1v) is 7.76. The third kappa shape index (κ3) is 3.44. The van der Waals surface area contributed by atoms with Crippen LogP contribution in [0.15, 0.2) is 52.8 Å². The average Bonchev–Trinajstić information content (AvgIpc) is 3.16. The molecule has 108 valence electrons. The fourth-order valence-corrected chi connectivity index (χ4v) is 2.86. The van der Waals surface area contributed by atoms with Crippen molar-refractivity contribution in [3.8, 4) is 0 Å². The van der Waals surface area contributed by atoms with Crippen LogP contribution in [-0.2, 0) is 13.1 Å². The minimum Gasteiger partial charge on any atom is -0.357 e. The van der Waals surface area contributed by atoms with Crippen LogP contribution in [0.25, 0.3) is 10.9 Å². The molecule has 0 fully saturated rings. The Bertz CT molecular complexity index is 695. The van der Waals surface area contributed by atoms with Crippen molar-refractivity contribution in [2.24, 2.45) is 4.99 Å². The average molecular weight is 298 g/mol. The van der Waals surface area contributed by atoms with E-state index in [4.69, 9.17) is 0 Å². The molecule has 0 bridgehead atoms. The summed E-state index contributed by atoms with van der Waals surface area (Å²) < 4.78 is 0. The molecule has 5 heteroatoms. The molecule has 0 unspecified atom stereocenters. The van der Waals surface area contributed by atoms with E-state index in [0.29, 0.717) is 0 Å². The summed E-state index contributed by atoms with van der Waals surface area (Å²) in [4.78, 5) is 8.94. The Balaban J connectivity index is 1.57. The summed E-state index contributed by atoms with van der Waals surface area (Å²) in [6.45, 7) is 1.52. The predicted octanol–water partition coefficient (Wildman–Crippen LogP) is 3.09. The standard InChI is InChI=1S/C16H18N4S/c1-17-16(19-11-14-6-4-8-21-14)18-10-13-9-12-5-2-3-7-15(12)20-13/h2-9,20H,10-11H2,1H3,(H2,17,18,19). The van der Waals surface area contributed by atoms with Crippen LogP contribution < -0.4 is 10.6 Å². The van der Waals surface area contributed by atoms with Crippen LogP contribution in [0.3, 0.4) is 0 Å². The third-order valence-electron chi connectivity index (χ3n) is 3.27. The second-order valence-corrected chi connectivity index (χ2v) is 5.77. The fraction of sp³-hybridized carbons (Fsp3) is 0.188. The first-order valence-electron chi connectivity index (χ1n) is 6.88. The number of aromatic amines is 1. The Labute approximate surface area is 127 Å². The maximum Gasteiger partial charge on any atom is 0.191 e. The van der Waals surface area contributed by atoms with Crippen molar-refractivity contribution in [1.82, 2.24) is 15.6 Å². The number of nitrogens with zero attached hydrogens (tertiary/aromatic N) is 1. The number of para-hydroxylation sites is 1. The zero-order valence-electron chi connectivity index (χ0n) is 11.9. The summed E-state index contributed by atoms with van der Waals surface area (Å²) in [7, 11) is 1.79. The highest BCUT2D eigenvalue weighted by Crippen LogP contribution is 2.14. The predicted molar refractivity (Wildman–Crippen MR) is 89.7 cm³/mol. The van der Waals surface area contributed by atoms with Crippen LogP contribution in [-0.4, -0.2) is 18.0 Å². The van der Waals surface area contributed by atoms with E-state index in [1.54, 1.807) is 18.4 Å². The molecule has 0 aliphatic rings. The van der Waals surface area contributed by atoms with Gasteiger partial charge in [-0.3, -0.25) is 4.99 Å². The topological polar surface area (TPSA) is 52.2 Å². The minimum absolute atomic E-state index is 0.721. The molecule has 0 saturated carbocycles. The number of thiophene rings is 1. The largest absolute Gasteiger partial charge is 0.357 e. The Hall–Kier alpha value is -2.27. The molecule has 0 saturated heterocycles. The van der Waals surface area contributed by atoms with Gasteiger partial charge in [-0.2, -0.15) is 0 Å². The highest BCUT2D eigenvalue weighted by Gasteiger charge is 2.02. The number of aromatic nitrogens is 1. The SMILES string of the molecule is CN=C(NCc1cc2ccccc2[nH]1)NCc1cccs1. The van der Waals surface area contributed by atoms with Crippen LogP contribution >= 0.6 is 11.3 Å². The molecule has 3 aromatic rings. The van der Waals surface area contributed by atoms with Gasteiger partial charge in [0, 0.05) is 23.1 Å². The monoisotopic (exact) mass is 298 g/mol. The molecule has 2 heterocycles. The van der Waals surface area contributed by atoms with Crippen molar-refractivity contribution in [3.05, 3.63) is 58.4 Å². The van der Waals surface area contributed by atoms with Crippen molar-refractivity contribution in [2.75, 3.05) is 7.05 Å². The molecule has 0 spiro atoms. The Morgan fingerprint density at radius 3 is 2.76 bits per heavy atom. The summed E-state index contributed by atoms with van der Waals surface area (Å²) in [5.41, 5.74) is 2.31. The van der Waals surface area contributed by atoms with Gasteiger partial charge in [0.25, 0.3) is 0 Å². The van der Waals surface area contributed by atoms with Crippen molar-refractivity contribution >= 4 is 28.2 Å². The van der Waals surface area contributed by atoms with E-state index in [1.807, 2.05) is 6.07 Å². The number of nitrogens with one attached hydrogen (secondary N) is 3. The quantitative estimate of drug-likeness (QED) is 0.512. The highest BCUT2D eigenvalue weighted by molar-refractivity contribution is 7.09. The molecule has 0 radical (unpaired) electrons.